The van der Waals surface area contributed by atoms with E-state index in [1.165, 1.54) is 0 Å². The van der Waals surface area contributed by atoms with E-state index in [9.17, 15) is 18.8 Å². The summed E-state index contributed by atoms with van der Waals surface area (Å²) in [7, 11) is 1.78. The van der Waals surface area contributed by atoms with E-state index in [4.69, 9.17) is 9.47 Å². The molecule has 3 aliphatic carbocycles. The summed E-state index contributed by atoms with van der Waals surface area (Å²) in [6.45, 7) is 2.31. The van der Waals surface area contributed by atoms with E-state index >= 15 is 0 Å². The second-order valence-electron chi connectivity index (χ2n) is 14.5. The zero-order chi connectivity index (χ0) is 30.6. The van der Waals surface area contributed by atoms with Crippen LogP contribution < -0.4 is 0 Å². The molecule has 7 rings (SSSR count). The summed E-state index contributed by atoms with van der Waals surface area (Å²) in [5.41, 5.74) is 1.96. The molecule has 2 aliphatic heterocycles. The summed E-state index contributed by atoms with van der Waals surface area (Å²) in [5, 5.41) is 0.960. The summed E-state index contributed by atoms with van der Waals surface area (Å²) >= 11 is 0. The lowest BCUT2D eigenvalue weighted by molar-refractivity contribution is -0.143. The zero-order valence-corrected chi connectivity index (χ0v) is 26.3. The van der Waals surface area contributed by atoms with Crippen molar-refractivity contribution in [1.29, 1.82) is 0 Å². The fraction of sp³-hybridized carbons (Fsp3) is 0.694. The van der Waals surface area contributed by atoms with E-state index in [1.807, 2.05) is 36.1 Å². The predicted molar refractivity (Wildman–Crippen MR) is 165 cm³/mol. The molecule has 3 saturated carbocycles. The molecule has 1 saturated heterocycles. The topological polar surface area (TPSA) is 77.8 Å². The molecule has 4 fully saturated rings. The van der Waals surface area contributed by atoms with Crippen LogP contribution in [0.25, 0.3) is 10.9 Å². The number of hydrogen-bond donors (Lipinski definition) is 0. The maximum atomic E-state index is 14.3. The van der Waals surface area contributed by atoms with Crippen molar-refractivity contribution < 1.29 is 28.2 Å². The molecule has 1 amide bonds. The average molecular weight is 607 g/mol. The molecule has 0 radical (unpaired) electrons. The van der Waals surface area contributed by atoms with Gasteiger partial charge in [0.2, 0.25) is 5.91 Å². The molecule has 0 N–H and O–H groups in total. The Hall–Kier alpha value is -2.74. The molecule has 3 atom stereocenters. The molecule has 0 bridgehead atoms. The average Bonchev–Trinajstić information content (AvgIpc) is 3.72. The highest BCUT2D eigenvalue weighted by molar-refractivity contribution is 5.99. The zero-order valence-electron chi connectivity index (χ0n) is 26.3. The van der Waals surface area contributed by atoms with Crippen molar-refractivity contribution in [3.63, 3.8) is 0 Å². The number of Topliss-reactive ketones (excluding diaryl/α,β-unsaturated/α-hetero) is 1. The quantitative estimate of drug-likeness (QED) is 0.317. The minimum absolute atomic E-state index is 0.0445. The van der Waals surface area contributed by atoms with Crippen molar-refractivity contribution in [2.75, 3.05) is 20.3 Å². The van der Waals surface area contributed by atoms with Gasteiger partial charge in [-0.05, 0) is 112 Å². The number of likely N-dealkylation sites (tertiary alicyclic amines) is 1. The highest BCUT2D eigenvalue weighted by Gasteiger charge is 2.51. The van der Waals surface area contributed by atoms with Gasteiger partial charge >= 0.3 is 5.97 Å². The lowest BCUT2D eigenvalue weighted by atomic mass is 9.74. The van der Waals surface area contributed by atoms with Gasteiger partial charge in [-0.3, -0.25) is 18.5 Å². The van der Waals surface area contributed by atoms with Gasteiger partial charge in [-0.2, -0.15) is 0 Å². The number of hydrogen-bond acceptors (Lipinski definition) is 5. The summed E-state index contributed by atoms with van der Waals surface area (Å²) in [6.07, 6.45) is 11.6. The van der Waals surface area contributed by atoms with Crippen LogP contribution in [0.1, 0.15) is 100 Å². The summed E-state index contributed by atoms with van der Waals surface area (Å²) in [4.78, 5) is 43.0. The molecule has 1 spiro atoms. The largest absolute Gasteiger partial charge is 0.434 e. The number of benzene rings is 1. The third-order valence-corrected chi connectivity index (χ3v) is 12.2. The van der Waals surface area contributed by atoms with Crippen molar-refractivity contribution in [2.24, 2.45) is 29.6 Å². The molecule has 2 aromatic rings. The number of ether oxygens (including phenoxy) is 2. The van der Waals surface area contributed by atoms with Crippen LogP contribution in [0.4, 0.5) is 4.39 Å². The third-order valence-electron chi connectivity index (χ3n) is 12.2. The fourth-order valence-electron chi connectivity index (χ4n) is 9.36. The molecule has 7 nitrogen and oxygen atoms in total. The number of amides is 1. The first-order valence-corrected chi connectivity index (χ1v) is 17.1. The Balaban J connectivity index is 1.11. The first-order valence-electron chi connectivity index (χ1n) is 17.1. The molecule has 5 aliphatic rings. The number of alkyl halides is 1. The van der Waals surface area contributed by atoms with Crippen LogP contribution in [-0.4, -0.2) is 59.6 Å². The third kappa shape index (κ3) is 5.09. The number of nitrogens with zero attached hydrogens (tertiary/aromatic N) is 2. The van der Waals surface area contributed by atoms with Gasteiger partial charge in [-0.1, -0.05) is 13.0 Å². The van der Waals surface area contributed by atoms with Gasteiger partial charge in [0.15, 0.2) is 11.5 Å². The van der Waals surface area contributed by atoms with Crippen molar-refractivity contribution in [2.45, 2.75) is 108 Å². The Labute approximate surface area is 259 Å². The van der Waals surface area contributed by atoms with E-state index in [2.05, 4.69) is 4.57 Å². The van der Waals surface area contributed by atoms with Gasteiger partial charge in [-0.15, -0.1) is 0 Å². The predicted octanol–water partition coefficient (Wildman–Crippen LogP) is 6.59. The standard InChI is InChI=1S/C36H47FN2O5/c1-22(21-37)24-5-7-26(8-6-24)34(41)38-17-14-29(25-9-11-28(43-2)12-10-25)33(38)32(40)19-23-4-13-30-27(18-23)20-31-35(42)44-36(39(30)31)15-3-16-36/h4,13,18,20,22,24-26,28-29,33H,3,5-12,14-17,19,21H2,1-2H3/t22-,24?,25?,26?,28?,29+,33+/m1/s1. The molecular formula is C36H47FN2O5. The molecule has 238 valence electrons. The Bertz CT molecular complexity index is 1410. The van der Waals surface area contributed by atoms with E-state index in [-0.39, 0.29) is 54.6 Å². The molecule has 0 unspecified atom stereocenters. The van der Waals surface area contributed by atoms with Crippen molar-refractivity contribution in [3.05, 3.63) is 35.5 Å². The number of fused-ring (bicyclic) bond motifs is 4. The highest BCUT2D eigenvalue weighted by Crippen LogP contribution is 2.48. The van der Waals surface area contributed by atoms with Crippen LogP contribution >= 0.6 is 0 Å². The number of halogens is 1. The molecule has 44 heavy (non-hydrogen) atoms. The lowest BCUT2D eigenvalue weighted by Crippen LogP contribution is -2.48. The Kier molecular flexibility index (Phi) is 8.09. The molecular weight excluding hydrogens is 559 g/mol. The number of ketones is 1. The van der Waals surface area contributed by atoms with E-state index in [0.717, 1.165) is 93.5 Å². The van der Waals surface area contributed by atoms with E-state index < -0.39 is 11.8 Å². The minimum atomic E-state index is -0.533. The lowest BCUT2D eigenvalue weighted by Gasteiger charge is -2.38. The first-order chi connectivity index (χ1) is 21.3. The maximum absolute atomic E-state index is 14.3. The number of rotatable bonds is 8. The smallest absolute Gasteiger partial charge is 0.357 e. The SMILES string of the molecule is COC1CCC([C@@H]2CCN(C(=O)C3CCC([C@H](C)CF)CC3)[C@@H]2C(=O)Cc2ccc3c(c2)cc2n3C3(CCC3)OC2=O)CC1. The number of carbonyl (C=O) groups excluding carboxylic acids is 3. The summed E-state index contributed by atoms with van der Waals surface area (Å²) < 4.78 is 26.8. The second-order valence-corrected chi connectivity index (χ2v) is 14.5. The number of methoxy groups -OCH3 is 1. The molecule has 8 heteroatoms. The highest BCUT2D eigenvalue weighted by atomic mass is 19.1. The van der Waals surface area contributed by atoms with Crippen LogP contribution in [0.3, 0.4) is 0 Å². The van der Waals surface area contributed by atoms with Gasteiger partial charge in [0.25, 0.3) is 0 Å². The Morgan fingerprint density at radius 2 is 1.80 bits per heavy atom. The summed E-state index contributed by atoms with van der Waals surface area (Å²) in [5.74, 6) is 0.881. The van der Waals surface area contributed by atoms with Crippen molar-refractivity contribution in [1.82, 2.24) is 9.47 Å². The van der Waals surface area contributed by atoms with Crippen molar-refractivity contribution in [3.8, 4) is 0 Å². The van der Waals surface area contributed by atoms with Gasteiger partial charge in [0, 0.05) is 44.2 Å². The molecule has 1 aromatic carbocycles. The second kappa shape index (κ2) is 11.9. The van der Waals surface area contributed by atoms with Gasteiger partial charge in [0.05, 0.1) is 24.3 Å². The number of carbonyl (C=O) groups is 3. The number of aromatic nitrogens is 1. The van der Waals surface area contributed by atoms with Gasteiger partial charge in [-0.25, -0.2) is 4.79 Å². The van der Waals surface area contributed by atoms with E-state index in [1.54, 1.807) is 7.11 Å². The van der Waals surface area contributed by atoms with Crippen LogP contribution in [0.5, 0.6) is 0 Å². The molecule has 1 aromatic heterocycles. The van der Waals surface area contributed by atoms with Crippen LogP contribution in [0.15, 0.2) is 24.3 Å². The van der Waals surface area contributed by atoms with Crippen molar-refractivity contribution >= 4 is 28.6 Å². The van der Waals surface area contributed by atoms with Gasteiger partial charge < -0.3 is 14.4 Å². The van der Waals surface area contributed by atoms with Crippen LogP contribution in [0, 0.1) is 29.6 Å². The van der Waals surface area contributed by atoms with Gasteiger partial charge in [0.1, 0.15) is 5.69 Å². The Morgan fingerprint density at radius 1 is 1.05 bits per heavy atom. The molecule has 3 heterocycles. The first kappa shape index (κ1) is 29.9. The maximum Gasteiger partial charge on any atom is 0.357 e. The fourth-order valence-corrected chi connectivity index (χ4v) is 9.36. The van der Waals surface area contributed by atoms with Crippen LogP contribution in [0.2, 0.25) is 0 Å². The Morgan fingerprint density at radius 3 is 2.45 bits per heavy atom. The monoisotopic (exact) mass is 606 g/mol. The van der Waals surface area contributed by atoms with E-state index in [0.29, 0.717) is 24.1 Å². The normalized spacial score (nSPS) is 32.0. The number of esters is 1. The summed E-state index contributed by atoms with van der Waals surface area (Å²) in [6, 6.07) is 7.58. The minimum Gasteiger partial charge on any atom is -0.434 e. The van der Waals surface area contributed by atoms with Crippen LogP contribution in [-0.2, 0) is 31.2 Å².